The number of rotatable bonds is 9. The van der Waals surface area contributed by atoms with E-state index >= 15 is 0 Å². The fourth-order valence-corrected chi connectivity index (χ4v) is 5.61. The molecule has 5 rings (SSSR count). The maximum absolute atomic E-state index is 14.1. The highest BCUT2D eigenvalue weighted by Crippen LogP contribution is 2.38. The molecule has 1 saturated heterocycles. The molecule has 1 saturated carbocycles. The summed E-state index contributed by atoms with van der Waals surface area (Å²) in [5.41, 5.74) is 7.37. The second-order valence-corrected chi connectivity index (χ2v) is 11.2. The van der Waals surface area contributed by atoms with Crippen molar-refractivity contribution in [2.24, 2.45) is 11.8 Å². The summed E-state index contributed by atoms with van der Waals surface area (Å²) in [6, 6.07) is 19.5. The monoisotopic (exact) mass is 517 g/mol. The molecule has 1 heterocycles. The van der Waals surface area contributed by atoms with E-state index < -0.39 is 0 Å². The van der Waals surface area contributed by atoms with Crippen LogP contribution in [-0.4, -0.2) is 24.5 Å². The molecule has 2 aliphatic rings. The number of nitrogens with one attached hydrogen (secondary N) is 1. The highest BCUT2D eigenvalue weighted by atomic mass is 35.5. The third kappa shape index (κ3) is 6.19. The summed E-state index contributed by atoms with van der Waals surface area (Å²) in [7, 11) is 0. The second kappa shape index (κ2) is 11.3. The van der Waals surface area contributed by atoms with E-state index in [1.807, 2.05) is 19.1 Å². The molecule has 2 fully saturated rings. The van der Waals surface area contributed by atoms with E-state index in [2.05, 4.69) is 59.0 Å². The lowest BCUT2D eigenvalue weighted by molar-refractivity contribution is 0.190. The summed E-state index contributed by atoms with van der Waals surface area (Å²) in [6.07, 6.45) is 4.89. The summed E-state index contributed by atoms with van der Waals surface area (Å²) in [5, 5.41) is 3.90. The molecule has 1 aliphatic carbocycles. The number of hydrogen-bond acceptors (Lipinski definition) is 3. The molecule has 3 aromatic rings. The van der Waals surface area contributed by atoms with E-state index in [1.54, 1.807) is 12.1 Å². The first-order valence-electron chi connectivity index (χ1n) is 13.4. The van der Waals surface area contributed by atoms with Gasteiger partial charge in [0.15, 0.2) is 0 Å². The molecule has 37 heavy (non-hydrogen) atoms. The Hall–Kier alpha value is -2.82. The molecular weight excluding hydrogens is 481 g/mol. The van der Waals surface area contributed by atoms with Gasteiger partial charge in [-0.15, -0.1) is 0 Å². The van der Waals surface area contributed by atoms with Crippen molar-refractivity contribution >= 4 is 28.7 Å². The van der Waals surface area contributed by atoms with Gasteiger partial charge in [0, 0.05) is 41.1 Å². The molecule has 0 spiro atoms. The SMILES string of the molecule is C=C(C1CCN(Cc2cc(C)c(Nc3ccccc3F)cc2Cl)CC1)N(CC1CC1)c1ccccc1C. The van der Waals surface area contributed by atoms with Crippen LogP contribution in [0, 0.1) is 31.5 Å². The molecule has 0 unspecified atom stereocenters. The number of piperidine rings is 1. The Morgan fingerprint density at radius 1 is 0.973 bits per heavy atom. The number of para-hydroxylation sites is 2. The van der Waals surface area contributed by atoms with Crippen LogP contribution in [0.15, 0.2) is 72.9 Å². The fraction of sp³-hybridized carbons (Fsp3) is 0.375. The molecule has 194 valence electrons. The van der Waals surface area contributed by atoms with Gasteiger partial charge >= 0.3 is 0 Å². The molecule has 0 amide bonds. The molecule has 5 heteroatoms. The largest absolute Gasteiger partial charge is 0.353 e. The Balaban J connectivity index is 1.21. The van der Waals surface area contributed by atoms with Crippen molar-refractivity contribution in [1.29, 1.82) is 0 Å². The Morgan fingerprint density at radius 3 is 2.38 bits per heavy atom. The van der Waals surface area contributed by atoms with Crippen LogP contribution in [0.4, 0.5) is 21.5 Å². The number of allylic oxidation sites excluding steroid dienone is 1. The van der Waals surface area contributed by atoms with Crippen LogP contribution in [-0.2, 0) is 6.54 Å². The summed E-state index contributed by atoms with van der Waals surface area (Å²) in [4.78, 5) is 5.00. The summed E-state index contributed by atoms with van der Waals surface area (Å²) in [5.74, 6) is 1.03. The molecule has 0 atom stereocenters. The van der Waals surface area contributed by atoms with Crippen LogP contribution in [0.25, 0.3) is 0 Å². The van der Waals surface area contributed by atoms with Crippen molar-refractivity contribution in [2.75, 3.05) is 29.9 Å². The Bertz CT molecular complexity index is 1260. The minimum absolute atomic E-state index is 0.273. The molecule has 0 bridgehead atoms. The van der Waals surface area contributed by atoms with E-state index in [1.165, 1.54) is 35.9 Å². The van der Waals surface area contributed by atoms with Gasteiger partial charge in [0.05, 0.1) is 5.69 Å². The number of hydrogen-bond donors (Lipinski definition) is 1. The van der Waals surface area contributed by atoms with Gasteiger partial charge in [-0.05, 0) is 99.5 Å². The lowest BCUT2D eigenvalue weighted by atomic mass is 9.92. The van der Waals surface area contributed by atoms with Gasteiger partial charge in [0.1, 0.15) is 5.82 Å². The predicted molar refractivity (Wildman–Crippen MR) is 154 cm³/mol. The summed E-state index contributed by atoms with van der Waals surface area (Å²) >= 11 is 6.70. The maximum atomic E-state index is 14.1. The molecule has 1 aliphatic heterocycles. The molecule has 3 aromatic carbocycles. The zero-order valence-electron chi connectivity index (χ0n) is 21.9. The van der Waals surface area contributed by atoms with Crippen molar-refractivity contribution in [1.82, 2.24) is 4.90 Å². The Morgan fingerprint density at radius 2 is 1.68 bits per heavy atom. The lowest BCUT2D eigenvalue weighted by Crippen LogP contribution is -2.37. The normalized spacial score (nSPS) is 16.5. The van der Waals surface area contributed by atoms with Gasteiger partial charge in [-0.3, -0.25) is 4.90 Å². The topological polar surface area (TPSA) is 18.5 Å². The number of likely N-dealkylation sites (tertiary alicyclic amines) is 1. The van der Waals surface area contributed by atoms with E-state index in [9.17, 15) is 4.39 Å². The van der Waals surface area contributed by atoms with E-state index in [0.29, 0.717) is 16.6 Å². The van der Waals surface area contributed by atoms with E-state index in [0.717, 1.165) is 61.8 Å². The molecule has 0 radical (unpaired) electrons. The predicted octanol–water partition coefficient (Wildman–Crippen LogP) is 8.48. The Labute approximate surface area is 225 Å². The first kappa shape index (κ1) is 25.8. The van der Waals surface area contributed by atoms with Gasteiger partial charge in [-0.25, -0.2) is 4.39 Å². The van der Waals surface area contributed by atoms with Crippen LogP contribution >= 0.6 is 11.6 Å². The van der Waals surface area contributed by atoms with Crippen LogP contribution in [0.3, 0.4) is 0 Å². The fourth-order valence-electron chi connectivity index (χ4n) is 5.39. The molecule has 3 nitrogen and oxygen atoms in total. The summed E-state index contributed by atoms with van der Waals surface area (Å²) in [6.45, 7) is 12.8. The number of nitrogens with zero attached hydrogens (tertiary/aromatic N) is 2. The minimum Gasteiger partial charge on any atom is -0.353 e. The third-order valence-corrected chi connectivity index (χ3v) is 8.23. The maximum Gasteiger partial charge on any atom is 0.146 e. The van der Waals surface area contributed by atoms with E-state index in [4.69, 9.17) is 11.6 Å². The zero-order valence-corrected chi connectivity index (χ0v) is 22.7. The third-order valence-electron chi connectivity index (χ3n) is 7.88. The van der Waals surface area contributed by atoms with Crippen molar-refractivity contribution in [2.45, 2.75) is 46.1 Å². The average Bonchev–Trinajstić information content (AvgIpc) is 3.72. The van der Waals surface area contributed by atoms with E-state index in [-0.39, 0.29) is 5.82 Å². The highest BCUT2D eigenvalue weighted by molar-refractivity contribution is 6.31. The smallest absolute Gasteiger partial charge is 0.146 e. The quantitative estimate of drug-likeness (QED) is 0.307. The number of anilines is 3. The van der Waals surface area contributed by atoms with Gasteiger partial charge in [-0.1, -0.05) is 54.6 Å². The number of halogens is 2. The standard InChI is InChI=1S/C32H37ClFN3/c1-22-8-4-7-11-32(22)37(20-25-12-13-25)24(3)26-14-16-36(17-15-26)21-27-18-23(2)31(19-28(27)33)35-30-10-6-5-9-29(30)34/h4-11,18-19,25-26,35H,3,12-17,20-21H2,1-2H3. The lowest BCUT2D eigenvalue weighted by Gasteiger charge is -2.38. The molecule has 0 aromatic heterocycles. The minimum atomic E-state index is -0.273. The van der Waals surface area contributed by atoms with Crippen molar-refractivity contribution in [3.63, 3.8) is 0 Å². The Kier molecular flexibility index (Phi) is 7.87. The first-order chi connectivity index (χ1) is 17.9. The van der Waals surface area contributed by atoms with Gasteiger partial charge < -0.3 is 10.2 Å². The second-order valence-electron chi connectivity index (χ2n) is 10.7. The van der Waals surface area contributed by atoms with Crippen molar-refractivity contribution < 1.29 is 4.39 Å². The number of aryl methyl sites for hydroxylation is 2. The van der Waals surface area contributed by atoms with Gasteiger partial charge in [0.2, 0.25) is 0 Å². The van der Waals surface area contributed by atoms with Crippen LogP contribution in [0.2, 0.25) is 5.02 Å². The van der Waals surface area contributed by atoms with Gasteiger partial charge in [-0.2, -0.15) is 0 Å². The number of benzene rings is 3. The van der Waals surface area contributed by atoms with Crippen molar-refractivity contribution in [3.8, 4) is 0 Å². The van der Waals surface area contributed by atoms with Crippen LogP contribution < -0.4 is 10.2 Å². The van der Waals surface area contributed by atoms with Crippen LogP contribution in [0.1, 0.15) is 42.4 Å². The first-order valence-corrected chi connectivity index (χ1v) is 13.8. The molecule has 1 N–H and O–H groups in total. The van der Waals surface area contributed by atoms with Gasteiger partial charge in [0.25, 0.3) is 0 Å². The van der Waals surface area contributed by atoms with Crippen molar-refractivity contribution in [3.05, 3.63) is 100 Å². The molecular formula is C32H37ClFN3. The summed E-state index contributed by atoms with van der Waals surface area (Å²) < 4.78 is 14.1. The zero-order chi connectivity index (χ0) is 25.9. The average molecular weight is 518 g/mol. The highest BCUT2D eigenvalue weighted by Gasteiger charge is 2.30. The van der Waals surface area contributed by atoms with Crippen LogP contribution in [0.5, 0.6) is 0 Å².